The molecule has 0 saturated carbocycles. The van der Waals surface area contributed by atoms with E-state index in [1.807, 2.05) is 0 Å². The van der Waals surface area contributed by atoms with Gasteiger partial charge < -0.3 is 14.8 Å². The fourth-order valence-electron chi connectivity index (χ4n) is 0.574. The summed E-state index contributed by atoms with van der Waals surface area (Å²) >= 11 is -1.37. The summed E-state index contributed by atoms with van der Waals surface area (Å²) in [6, 6.07) is 0. The van der Waals surface area contributed by atoms with E-state index in [1.165, 1.54) is 0 Å². The van der Waals surface area contributed by atoms with Gasteiger partial charge in [0.2, 0.25) is 0 Å². The van der Waals surface area contributed by atoms with E-state index in [-0.39, 0.29) is 11.5 Å². The van der Waals surface area contributed by atoms with Crippen LogP contribution in [0.4, 0.5) is 0 Å². The molecule has 2 atom stereocenters. The van der Waals surface area contributed by atoms with E-state index in [1.54, 1.807) is 13.8 Å². The van der Waals surface area contributed by atoms with E-state index in [0.29, 0.717) is 0 Å². The lowest BCUT2D eigenvalue weighted by atomic mass is 10.4. The molecule has 4 heteroatoms. The van der Waals surface area contributed by atoms with Gasteiger partial charge in [0.1, 0.15) is 11.5 Å². The van der Waals surface area contributed by atoms with Crippen LogP contribution >= 0.6 is 0 Å². The monoisotopic (exact) mass is 190 g/mol. The zero-order valence-corrected chi connectivity index (χ0v) is 8.10. The molecule has 0 aliphatic heterocycles. The second-order valence-electron chi connectivity index (χ2n) is 2.60. The van der Waals surface area contributed by atoms with E-state index in [4.69, 9.17) is 10.2 Å². The van der Waals surface area contributed by atoms with Crippen molar-refractivity contribution in [3.05, 3.63) is 24.7 Å². The number of hydrogen-bond donors (Lipinski definition) is 2. The summed E-state index contributed by atoms with van der Waals surface area (Å²) in [7, 11) is 0. The number of rotatable bonds is 4. The van der Waals surface area contributed by atoms with Crippen LogP contribution in [0.15, 0.2) is 24.7 Å². The van der Waals surface area contributed by atoms with E-state index in [2.05, 4.69) is 13.2 Å². The Morgan fingerprint density at radius 1 is 1.17 bits per heavy atom. The fourth-order valence-corrected chi connectivity index (χ4v) is 1.72. The third-order valence-electron chi connectivity index (χ3n) is 1.64. The van der Waals surface area contributed by atoms with Crippen molar-refractivity contribution in [2.45, 2.75) is 24.3 Å². The van der Waals surface area contributed by atoms with Crippen LogP contribution in [0.5, 0.6) is 0 Å². The molecule has 0 aliphatic carbocycles. The molecular weight excluding hydrogens is 176 g/mol. The molecule has 0 fully saturated rings. The molecule has 0 aromatic carbocycles. The molecule has 3 nitrogen and oxygen atoms in total. The van der Waals surface area contributed by atoms with Crippen molar-refractivity contribution in [1.29, 1.82) is 0 Å². The van der Waals surface area contributed by atoms with Crippen LogP contribution in [0.3, 0.4) is 0 Å². The molecule has 0 rings (SSSR count). The normalized spacial score (nSPS) is 17.9. The maximum Gasteiger partial charge on any atom is 0.169 e. The molecule has 2 unspecified atom stereocenters. The zero-order chi connectivity index (χ0) is 9.89. The minimum atomic E-state index is -1.37. The van der Waals surface area contributed by atoms with Gasteiger partial charge in [-0.25, -0.2) is 0 Å². The zero-order valence-electron chi connectivity index (χ0n) is 7.28. The van der Waals surface area contributed by atoms with Gasteiger partial charge >= 0.3 is 0 Å². The molecule has 0 aromatic rings. The van der Waals surface area contributed by atoms with Gasteiger partial charge in [-0.2, -0.15) is 0 Å². The van der Waals surface area contributed by atoms with Crippen LogP contribution < -0.4 is 0 Å². The Morgan fingerprint density at radius 3 is 1.58 bits per heavy atom. The summed E-state index contributed by atoms with van der Waals surface area (Å²) in [5.74, 6) is -0.275. The summed E-state index contributed by atoms with van der Waals surface area (Å²) in [4.78, 5) is 0. The van der Waals surface area contributed by atoms with Crippen molar-refractivity contribution in [3.63, 3.8) is 0 Å². The van der Waals surface area contributed by atoms with Crippen molar-refractivity contribution in [3.8, 4) is 0 Å². The highest BCUT2D eigenvalue weighted by Crippen LogP contribution is 2.17. The Bertz CT molecular complexity index is 171. The van der Waals surface area contributed by atoms with Crippen molar-refractivity contribution < 1.29 is 14.8 Å². The summed E-state index contributed by atoms with van der Waals surface area (Å²) in [5.41, 5.74) is 0. The molecule has 0 spiro atoms. The van der Waals surface area contributed by atoms with Crippen LogP contribution in [0, 0.1) is 0 Å². The Morgan fingerprint density at radius 2 is 1.42 bits per heavy atom. The predicted molar refractivity (Wildman–Crippen MR) is 50.6 cm³/mol. The summed E-state index contributed by atoms with van der Waals surface area (Å²) in [6.07, 6.45) is 0. The first-order chi connectivity index (χ1) is 5.37. The number of aliphatic hydroxyl groups is 2. The second-order valence-corrected chi connectivity index (χ2v) is 4.67. The lowest BCUT2D eigenvalue weighted by molar-refractivity contribution is 0.384. The summed E-state index contributed by atoms with van der Waals surface area (Å²) in [6.45, 7) is 9.70. The number of aliphatic hydroxyl groups excluding tert-OH is 2. The van der Waals surface area contributed by atoms with Crippen LogP contribution in [-0.4, -0.2) is 25.3 Å². The third-order valence-corrected chi connectivity index (χ3v) is 3.57. The second kappa shape index (κ2) is 4.42. The first-order valence-electron chi connectivity index (χ1n) is 3.52. The smallest absolute Gasteiger partial charge is 0.169 e. The van der Waals surface area contributed by atoms with E-state index < -0.39 is 21.7 Å². The molecule has 0 heterocycles. The van der Waals surface area contributed by atoms with Gasteiger partial charge in [-0.05, 0) is 25.0 Å². The molecule has 0 amide bonds. The van der Waals surface area contributed by atoms with Crippen molar-refractivity contribution in [1.82, 2.24) is 0 Å². The van der Waals surface area contributed by atoms with E-state index in [9.17, 15) is 4.55 Å². The average molecular weight is 190 g/mol. The fraction of sp³-hybridized carbons (Fsp3) is 0.500. The van der Waals surface area contributed by atoms with Gasteiger partial charge in [0.25, 0.3) is 0 Å². The molecule has 0 bridgehead atoms. The first kappa shape index (κ1) is 11.4. The summed E-state index contributed by atoms with van der Waals surface area (Å²) < 4.78 is 11.4. The van der Waals surface area contributed by atoms with Gasteiger partial charge in [0, 0.05) is 0 Å². The average Bonchev–Trinajstić information content (AvgIpc) is 2.00. The molecule has 0 aromatic heterocycles. The molecule has 12 heavy (non-hydrogen) atoms. The van der Waals surface area contributed by atoms with Crippen molar-refractivity contribution >= 4 is 11.2 Å². The topological polar surface area (TPSA) is 63.5 Å². The maximum atomic E-state index is 11.4. The molecular formula is C8H14O3S. The highest BCUT2D eigenvalue weighted by molar-refractivity contribution is 7.93. The van der Waals surface area contributed by atoms with Crippen LogP contribution in [-0.2, 0) is 11.2 Å². The standard InChI is InChI=1S/C8H14O3S/c1-5(9)7(3)12(11)8(4)6(2)10/h7-10H,1-2H2,3-4H3. The Labute approximate surface area is 75.6 Å². The Hall–Kier alpha value is -0.610. The maximum absolute atomic E-state index is 11.4. The van der Waals surface area contributed by atoms with Gasteiger partial charge in [-0.3, -0.25) is 0 Å². The van der Waals surface area contributed by atoms with Crippen LogP contribution in [0.1, 0.15) is 13.8 Å². The molecule has 2 N–H and O–H groups in total. The minimum Gasteiger partial charge on any atom is -0.615 e. The Balaban J connectivity index is 4.28. The Kier molecular flexibility index (Phi) is 4.20. The van der Waals surface area contributed by atoms with Crippen LogP contribution in [0.2, 0.25) is 0 Å². The quantitative estimate of drug-likeness (QED) is 0.523. The third kappa shape index (κ3) is 2.79. The first-order valence-corrected chi connectivity index (χ1v) is 4.80. The predicted octanol–water partition coefficient (Wildman–Crippen LogP) is 1.66. The van der Waals surface area contributed by atoms with Gasteiger partial charge in [-0.1, -0.05) is 13.2 Å². The lowest BCUT2D eigenvalue weighted by Crippen LogP contribution is -2.30. The van der Waals surface area contributed by atoms with E-state index in [0.717, 1.165) is 0 Å². The molecule has 70 valence electrons. The van der Waals surface area contributed by atoms with Crippen molar-refractivity contribution in [2.24, 2.45) is 0 Å². The van der Waals surface area contributed by atoms with Crippen molar-refractivity contribution in [2.75, 3.05) is 0 Å². The summed E-state index contributed by atoms with van der Waals surface area (Å²) in [5, 5.41) is 16.8. The number of hydrogen-bond acceptors (Lipinski definition) is 3. The van der Waals surface area contributed by atoms with Gasteiger partial charge in [-0.15, -0.1) is 0 Å². The SMILES string of the molecule is C=C(O)C(C)[S+]([O-])C(C)C(=C)O. The van der Waals surface area contributed by atoms with E-state index >= 15 is 0 Å². The highest BCUT2D eigenvalue weighted by Gasteiger charge is 2.28. The molecule has 0 aliphatic rings. The highest BCUT2D eigenvalue weighted by atomic mass is 32.2. The van der Waals surface area contributed by atoms with Gasteiger partial charge in [0.05, 0.1) is 0 Å². The largest absolute Gasteiger partial charge is 0.615 e. The molecule has 0 saturated heterocycles. The molecule has 0 radical (unpaired) electrons. The van der Waals surface area contributed by atoms with Crippen LogP contribution in [0.25, 0.3) is 0 Å². The minimum absolute atomic E-state index is 0.138. The van der Waals surface area contributed by atoms with Gasteiger partial charge in [0.15, 0.2) is 10.5 Å². The lowest BCUT2D eigenvalue weighted by Gasteiger charge is -2.22.